The summed E-state index contributed by atoms with van der Waals surface area (Å²) in [4.78, 5) is 19.1. The minimum absolute atomic E-state index is 0.0356. The summed E-state index contributed by atoms with van der Waals surface area (Å²) in [6, 6.07) is 8.15. The summed E-state index contributed by atoms with van der Waals surface area (Å²) in [6.45, 7) is 5.66. The van der Waals surface area contributed by atoms with Gasteiger partial charge in [-0.2, -0.15) is 0 Å². The van der Waals surface area contributed by atoms with Gasteiger partial charge in [-0.05, 0) is 38.0 Å². The second kappa shape index (κ2) is 7.91. The van der Waals surface area contributed by atoms with E-state index in [0.29, 0.717) is 31.1 Å². The van der Waals surface area contributed by atoms with Crippen molar-refractivity contribution in [1.29, 1.82) is 0 Å². The van der Waals surface area contributed by atoms with Crippen LogP contribution in [0.1, 0.15) is 41.0 Å². The molecule has 1 amide bonds. The van der Waals surface area contributed by atoms with Crippen LogP contribution in [0.15, 0.2) is 24.3 Å². The predicted molar refractivity (Wildman–Crippen MR) is 109 cm³/mol. The minimum atomic E-state index is 0.0356. The summed E-state index contributed by atoms with van der Waals surface area (Å²) in [6.07, 6.45) is 0.841. The molecule has 2 aliphatic heterocycles. The van der Waals surface area contributed by atoms with Crippen LogP contribution < -0.4 is 19.5 Å². The van der Waals surface area contributed by atoms with Crippen LogP contribution >= 0.6 is 0 Å². The molecule has 7 nitrogen and oxygen atoms in total. The van der Waals surface area contributed by atoms with Crippen LogP contribution in [0.2, 0.25) is 0 Å². The summed E-state index contributed by atoms with van der Waals surface area (Å²) in [5, 5.41) is 3.52. The Labute approximate surface area is 171 Å². The van der Waals surface area contributed by atoms with Crippen LogP contribution in [0, 0.1) is 0 Å². The number of amides is 1. The fourth-order valence-electron chi connectivity index (χ4n) is 3.93. The number of hydrogen-bond donors (Lipinski definition) is 1. The van der Waals surface area contributed by atoms with E-state index >= 15 is 0 Å². The molecule has 1 aromatic heterocycles. The molecule has 3 heterocycles. The van der Waals surface area contributed by atoms with E-state index in [2.05, 4.69) is 16.4 Å². The number of rotatable bonds is 6. The van der Waals surface area contributed by atoms with Crippen molar-refractivity contribution in [3.05, 3.63) is 46.6 Å². The first-order valence-electron chi connectivity index (χ1n) is 9.91. The lowest BCUT2D eigenvalue weighted by molar-refractivity contribution is 0.0730. The third kappa shape index (κ3) is 3.62. The van der Waals surface area contributed by atoms with E-state index in [9.17, 15) is 4.79 Å². The second-order valence-electron chi connectivity index (χ2n) is 7.72. The average molecular weight is 397 g/mol. The highest BCUT2D eigenvalue weighted by molar-refractivity contribution is 5.98. The smallest absolute Gasteiger partial charge is 0.256 e. The van der Waals surface area contributed by atoms with Crippen LogP contribution in [0.4, 0.5) is 0 Å². The van der Waals surface area contributed by atoms with Gasteiger partial charge in [0.25, 0.3) is 5.91 Å². The number of para-hydroxylation sites is 1. The zero-order valence-corrected chi connectivity index (χ0v) is 17.3. The molecule has 1 unspecified atom stereocenters. The number of nitrogens with zero attached hydrogens (tertiary/aromatic N) is 2. The lowest BCUT2D eigenvalue weighted by atomic mass is 10.0. The van der Waals surface area contributed by atoms with E-state index in [4.69, 9.17) is 14.2 Å². The van der Waals surface area contributed by atoms with Crippen molar-refractivity contribution in [2.45, 2.75) is 45.4 Å². The maximum atomic E-state index is 12.7. The maximum Gasteiger partial charge on any atom is 0.256 e. The molecular weight excluding hydrogens is 370 g/mol. The molecule has 154 valence electrons. The van der Waals surface area contributed by atoms with Gasteiger partial charge in [0.1, 0.15) is 6.61 Å². The summed E-state index contributed by atoms with van der Waals surface area (Å²) in [7, 11) is 3.26. The van der Waals surface area contributed by atoms with Gasteiger partial charge < -0.3 is 24.4 Å². The zero-order valence-electron chi connectivity index (χ0n) is 17.3. The average Bonchev–Trinajstić information content (AvgIpc) is 3.06. The zero-order chi connectivity index (χ0) is 20.5. The summed E-state index contributed by atoms with van der Waals surface area (Å²) < 4.78 is 16.8. The molecule has 0 saturated carbocycles. The molecule has 29 heavy (non-hydrogen) atoms. The topological polar surface area (TPSA) is 72.9 Å². The number of benzene rings is 1. The van der Waals surface area contributed by atoms with Crippen LogP contribution in [0.3, 0.4) is 0 Å². The highest BCUT2D eigenvalue weighted by Gasteiger charge is 2.32. The molecule has 1 aromatic carbocycles. The van der Waals surface area contributed by atoms with E-state index in [1.54, 1.807) is 14.2 Å². The van der Waals surface area contributed by atoms with Crippen LogP contribution in [-0.2, 0) is 19.5 Å². The van der Waals surface area contributed by atoms with Gasteiger partial charge in [0.05, 0.1) is 32.0 Å². The van der Waals surface area contributed by atoms with Crippen molar-refractivity contribution in [3.63, 3.8) is 0 Å². The van der Waals surface area contributed by atoms with Crippen molar-refractivity contribution in [2.75, 3.05) is 20.8 Å². The Kier molecular flexibility index (Phi) is 5.32. The molecule has 0 spiro atoms. The highest BCUT2D eigenvalue weighted by atomic mass is 16.5. The maximum absolute atomic E-state index is 12.7. The number of pyridine rings is 1. The third-order valence-electron chi connectivity index (χ3n) is 5.53. The van der Waals surface area contributed by atoms with Crippen LogP contribution in [0.5, 0.6) is 17.4 Å². The van der Waals surface area contributed by atoms with Gasteiger partial charge in [-0.3, -0.25) is 4.79 Å². The molecule has 2 aliphatic rings. The predicted octanol–water partition coefficient (Wildman–Crippen LogP) is 2.56. The number of methoxy groups -OCH3 is 2. The van der Waals surface area contributed by atoms with Gasteiger partial charge >= 0.3 is 0 Å². The van der Waals surface area contributed by atoms with Gasteiger partial charge in [0, 0.05) is 24.2 Å². The number of hydrogen-bond acceptors (Lipinski definition) is 6. The Balaban J connectivity index is 1.49. The van der Waals surface area contributed by atoms with Crippen molar-refractivity contribution >= 4 is 5.91 Å². The van der Waals surface area contributed by atoms with Crippen LogP contribution in [-0.4, -0.2) is 48.7 Å². The van der Waals surface area contributed by atoms with E-state index in [0.717, 1.165) is 34.7 Å². The molecule has 1 N–H and O–H groups in total. The molecule has 7 heteroatoms. The van der Waals surface area contributed by atoms with Crippen molar-refractivity contribution in [1.82, 2.24) is 15.2 Å². The first-order valence-corrected chi connectivity index (χ1v) is 9.91. The standard InChI is InChI=1S/C22H27N3O4/c1-13(2)25-11-18-17(22(25)26)9-15(21(24-18)28-4)10-23-16-8-14-6-5-7-19(27-3)20(14)29-12-16/h5-7,9,13,16,23H,8,10-12H2,1-4H3. The summed E-state index contributed by atoms with van der Waals surface area (Å²) in [5.41, 5.74) is 3.45. The van der Waals surface area contributed by atoms with E-state index < -0.39 is 0 Å². The third-order valence-corrected chi connectivity index (χ3v) is 5.53. The molecule has 4 rings (SSSR count). The fraction of sp³-hybridized carbons (Fsp3) is 0.455. The number of nitrogens with one attached hydrogen (secondary N) is 1. The summed E-state index contributed by atoms with van der Waals surface area (Å²) in [5.74, 6) is 2.18. The van der Waals surface area contributed by atoms with Crippen molar-refractivity contribution < 1.29 is 19.0 Å². The number of fused-ring (bicyclic) bond motifs is 2. The molecule has 0 bridgehead atoms. The molecular formula is C22H27N3O4. The monoisotopic (exact) mass is 397 g/mol. The Morgan fingerprint density at radius 3 is 2.86 bits per heavy atom. The van der Waals surface area contributed by atoms with E-state index in [-0.39, 0.29) is 18.0 Å². The largest absolute Gasteiger partial charge is 0.493 e. The second-order valence-corrected chi connectivity index (χ2v) is 7.72. The molecule has 1 atom stereocenters. The molecule has 0 fully saturated rings. The van der Waals surface area contributed by atoms with Gasteiger partial charge in [0.15, 0.2) is 11.5 Å². The Morgan fingerprint density at radius 1 is 1.31 bits per heavy atom. The Hall–Kier alpha value is -2.80. The molecule has 0 aliphatic carbocycles. The van der Waals surface area contributed by atoms with Crippen molar-refractivity contribution in [3.8, 4) is 17.4 Å². The number of carbonyl (C=O) groups excluding carboxylic acids is 1. The quantitative estimate of drug-likeness (QED) is 0.808. The fourth-order valence-corrected chi connectivity index (χ4v) is 3.93. The van der Waals surface area contributed by atoms with E-state index in [1.165, 1.54) is 0 Å². The number of ether oxygens (including phenoxy) is 3. The molecule has 2 aromatic rings. The Morgan fingerprint density at radius 2 is 2.14 bits per heavy atom. The lowest BCUT2D eigenvalue weighted by Gasteiger charge is -2.27. The van der Waals surface area contributed by atoms with Crippen molar-refractivity contribution in [2.24, 2.45) is 0 Å². The van der Waals surface area contributed by atoms with Gasteiger partial charge in [-0.15, -0.1) is 0 Å². The first-order chi connectivity index (χ1) is 14.0. The molecule has 0 radical (unpaired) electrons. The molecule has 0 saturated heterocycles. The van der Waals surface area contributed by atoms with Gasteiger partial charge in [-0.1, -0.05) is 12.1 Å². The summed E-state index contributed by atoms with van der Waals surface area (Å²) >= 11 is 0. The van der Waals surface area contributed by atoms with Crippen LogP contribution in [0.25, 0.3) is 0 Å². The lowest BCUT2D eigenvalue weighted by Crippen LogP contribution is -2.39. The number of carbonyl (C=O) groups is 1. The number of aromatic nitrogens is 1. The van der Waals surface area contributed by atoms with E-state index in [1.807, 2.05) is 36.9 Å². The van der Waals surface area contributed by atoms with Gasteiger partial charge in [-0.25, -0.2) is 4.98 Å². The Bertz CT molecular complexity index is 929. The normalized spacial score (nSPS) is 17.8. The van der Waals surface area contributed by atoms with Gasteiger partial charge in [0.2, 0.25) is 5.88 Å². The minimum Gasteiger partial charge on any atom is -0.493 e. The first kappa shape index (κ1) is 19.5. The highest BCUT2D eigenvalue weighted by Crippen LogP contribution is 2.35. The SMILES string of the molecule is COc1cccc2c1OCC(NCc1cc3c(nc1OC)CN(C(C)C)C3=O)C2.